The van der Waals surface area contributed by atoms with Gasteiger partial charge < -0.3 is 9.84 Å². The van der Waals surface area contributed by atoms with Crippen LogP contribution < -0.4 is 0 Å². The molecule has 0 aromatic carbocycles. The minimum absolute atomic E-state index is 0.0140. The number of likely N-dealkylation sites (tertiary alicyclic amines) is 1. The fourth-order valence-electron chi connectivity index (χ4n) is 1.58. The van der Waals surface area contributed by atoms with E-state index < -0.39 is 23.9 Å². The third kappa shape index (κ3) is 3.34. The number of carbonyl (C=O) groups excluding carboxylic acids is 1. The lowest BCUT2D eigenvalue weighted by Gasteiger charge is -2.27. The number of alkyl halides is 1. The Morgan fingerprint density at radius 3 is 2.67 bits per heavy atom. The molecule has 2 unspecified atom stereocenters. The molecule has 0 spiro atoms. The zero-order chi connectivity index (χ0) is 11.6. The monoisotopic (exact) mass is 219 g/mol. The van der Waals surface area contributed by atoms with Crippen molar-refractivity contribution in [1.82, 2.24) is 4.90 Å². The van der Waals surface area contributed by atoms with Gasteiger partial charge in [-0.15, -0.1) is 0 Å². The van der Waals surface area contributed by atoms with Crippen LogP contribution in [0, 0.1) is 0 Å². The number of nitrogens with zero attached hydrogens (tertiary/aromatic N) is 1. The summed E-state index contributed by atoms with van der Waals surface area (Å²) < 4.78 is 18.2. The first-order chi connectivity index (χ1) is 6.83. The van der Waals surface area contributed by atoms with Crippen molar-refractivity contribution in [3.63, 3.8) is 0 Å². The quantitative estimate of drug-likeness (QED) is 0.723. The van der Waals surface area contributed by atoms with Crippen molar-refractivity contribution in [3.05, 3.63) is 0 Å². The summed E-state index contributed by atoms with van der Waals surface area (Å²) in [7, 11) is 0. The predicted molar refractivity (Wildman–Crippen MR) is 53.3 cm³/mol. The number of aliphatic hydroxyl groups is 1. The van der Waals surface area contributed by atoms with Crippen LogP contribution in [0.3, 0.4) is 0 Å². The Hall–Kier alpha value is -0.840. The van der Waals surface area contributed by atoms with Crippen LogP contribution in [-0.4, -0.2) is 47.1 Å². The predicted octanol–water partition coefficient (Wildman–Crippen LogP) is 1.33. The number of hydrogen-bond donors (Lipinski definition) is 1. The topological polar surface area (TPSA) is 49.8 Å². The second kappa shape index (κ2) is 4.35. The standard InChI is InChI=1S/C10H18FNO3/c1-10(2,3)15-9(14)12-5-7(11)4-8(12)6-13/h7-8,13H,4-6H2,1-3H3. The number of amides is 1. The van der Waals surface area contributed by atoms with E-state index in [-0.39, 0.29) is 19.6 Å². The van der Waals surface area contributed by atoms with E-state index in [0.29, 0.717) is 0 Å². The van der Waals surface area contributed by atoms with Gasteiger partial charge in [0.2, 0.25) is 0 Å². The summed E-state index contributed by atoms with van der Waals surface area (Å²) in [6, 6.07) is -0.449. The third-order valence-corrected chi connectivity index (χ3v) is 2.20. The number of hydrogen-bond acceptors (Lipinski definition) is 3. The van der Waals surface area contributed by atoms with Crippen molar-refractivity contribution >= 4 is 6.09 Å². The Morgan fingerprint density at radius 2 is 2.20 bits per heavy atom. The van der Waals surface area contributed by atoms with E-state index in [0.717, 1.165) is 0 Å². The maximum atomic E-state index is 13.0. The Bertz CT molecular complexity index is 239. The van der Waals surface area contributed by atoms with E-state index in [4.69, 9.17) is 9.84 Å². The molecule has 0 aromatic heterocycles. The summed E-state index contributed by atoms with van der Waals surface area (Å²) in [5, 5.41) is 8.99. The van der Waals surface area contributed by atoms with Crippen molar-refractivity contribution in [2.75, 3.05) is 13.2 Å². The molecule has 1 amide bonds. The largest absolute Gasteiger partial charge is 0.444 e. The van der Waals surface area contributed by atoms with E-state index in [1.54, 1.807) is 20.8 Å². The van der Waals surface area contributed by atoms with Gasteiger partial charge in [0.25, 0.3) is 0 Å². The number of aliphatic hydroxyl groups excluding tert-OH is 1. The van der Waals surface area contributed by atoms with E-state index in [1.807, 2.05) is 0 Å². The summed E-state index contributed by atoms with van der Waals surface area (Å²) in [5.74, 6) is 0. The van der Waals surface area contributed by atoms with Crippen LogP contribution in [0.1, 0.15) is 27.2 Å². The molecule has 88 valence electrons. The highest BCUT2D eigenvalue weighted by atomic mass is 19.1. The molecular formula is C10H18FNO3. The van der Waals surface area contributed by atoms with Crippen molar-refractivity contribution in [2.45, 2.75) is 45.0 Å². The van der Waals surface area contributed by atoms with Crippen LogP contribution in [0.25, 0.3) is 0 Å². The average Bonchev–Trinajstić information content (AvgIpc) is 2.43. The average molecular weight is 219 g/mol. The molecule has 0 radical (unpaired) electrons. The molecule has 0 aliphatic carbocycles. The molecule has 1 heterocycles. The van der Waals surface area contributed by atoms with Crippen LogP contribution in [0.5, 0.6) is 0 Å². The van der Waals surface area contributed by atoms with Gasteiger partial charge in [-0.05, 0) is 20.8 Å². The normalized spacial score (nSPS) is 26.9. The summed E-state index contributed by atoms with van der Waals surface area (Å²) >= 11 is 0. The molecular weight excluding hydrogens is 201 g/mol. The Balaban J connectivity index is 2.59. The fraction of sp³-hybridized carbons (Fsp3) is 0.900. The van der Waals surface area contributed by atoms with E-state index in [2.05, 4.69) is 0 Å². The molecule has 0 saturated carbocycles. The van der Waals surface area contributed by atoms with Gasteiger partial charge >= 0.3 is 6.09 Å². The smallest absolute Gasteiger partial charge is 0.410 e. The molecule has 0 bridgehead atoms. The van der Waals surface area contributed by atoms with Crippen molar-refractivity contribution in [3.8, 4) is 0 Å². The molecule has 1 aliphatic rings. The van der Waals surface area contributed by atoms with Gasteiger partial charge in [0.05, 0.1) is 19.2 Å². The lowest BCUT2D eigenvalue weighted by atomic mass is 10.2. The molecule has 1 saturated heterocycles. The summed E-state index contributed by atoms with van der Waals surface area (Å²) in [6.07, 6.45) is -1.42. The summed E-state index contributed by atoms with van der Waals surface area (Å²) in [5.41, 5.74) is -0.592. The van der Waals surface area contributed by atoms with Crippen LogP contribution >= 0.6 is 0 Å². The summed E-state index contributed by atoms with van der Waals surface area (Å²) in [4.78, 5) is 12.9. The van der Waals surface area contributed by atoms with Crippen molar-refractivity contribution < 1.29 is 19.0 Å². The summed E-state index contributed by atoms with van der Waals surface area (Å²) in [6.45, 7) is 5.05. The van der Waals surface area contributed by atoms with Crippen LogP contribution in [0.15, 0.2) is 0 Å². The molecule has 2 atom stereocenters. The molecule has 1 fully saturated rings. The van der Waals surface area contributed by atoms with Gasteiger partial charge in [-0.25, -0.2) is 9.18 Å². The first kappa shape index (κ1) is 12.2. The van der Waals surface area contributed by atoms with E-state index in [1.165, 1.54) is 4.90 Å². The maximum Gasteiger partial charge on any atom is 0.410 e. The Kier molecular flexibility index (Phi) is 3.54. The first-order valence-electron chi connectivity index (χ1n) is 5.08. The number of rotatable bonds is 1. The van der Waals surface area contributed by atoms with E-state index in [9.17, 15) is 9.18 Å². The minimum Gasteiger partial charge on any atom is -0.444 e. The molecule has 1 N–H and O–H groups in total. The maximum absolute atomic E-state index is 13.0. The highest BCUT2D eigenvalue weighted by Gasteiger charge is 2.37. The Morgan fingerprint density at radius 1 is 1.60 bits per heavy atom. The molecule has 0 aromatic rings. The van der Waals surface area contributed by atoms with Crippen molar-refractivity contribution in [1.29, 1.82) is 0 Å². The second-order valence-corrected chi connectivity index (χ2v) is 4.80. The highest BCUT2D eigenvalue weighted by molar-refractivity contribution is 5.69. The van der Waals surface area contributed by atoms with E-state index >= 15 is 0 Å². The minimum atomic E-state index is -1.06. The van der Waals surface area contributed by atoms with Crippen LogP contribution in [0.4, 0.5) is 9.18 Å². The van der Waals surface area contributed by atoms with Gasteiger partial charge in [-0.2, -0.15) is 0 Å². The van der Waals surface area contributed by atoms with Gasteiger partial charge in [0, 0.05) is 6.42 Å². The molecule has 5 heteroatoms. The highest BCUT2D eigenvalue weighted by Crippen LogP contribution is 2.22. The van der Waals surface area contributed by atoms with Gasteiger partial charge in [-0.1, -0.05) is 0 Å². The number of carbonyl (C=O) groups is 1. The second-order valence-electron chi connectivity index (χ2n) is 4.80. The third-order valence-electron chi connectivity index (χ3n) is 2.20. The van der Waals surface area contributed by atoms with Gasteiger partial charge in [0.1, 0.15) is 11.8 Å². The zero-order valence-corrected chi connectivity index (χ0v) is 9.36. The van der Waals surface area contributed by atoms with Crippen LogP contribution in [0.2, 0.25) is 0 Å². The first-order valence-corrected chi connectivity index (χ1v) is 5.08. The van der Waals surface area contributed by atoms with Gasteiger partial charge in [-0.3, -0.25) is 4.90 Å². The molecule has 1 aliphatic heterocycles. The number of ether oxygens (including phenoxy) is 1. The lowest BCUT2D eigenvalue weighted by molar-refractivity contribution is 0.0170. The Labute approximate surface area is 89.0 Å². The molecule has 15 heavy (non-hydrogen) atoms. The van der Waals surface area contributed by atoms with Crippen molar-refractivity contribution in [2.24, 2.45) is 0 Å². The molecule has 1 rings (SSSR count). The SMILES string of the molecule is CC(C)(C)OC(=O)N1CC(F)CC1CO. The fourth-order valence-corrected chi connectivity index (χ4v) is 1.58. The zero-order valence-electron chi connectivity index (χ0n) is 9.36. The molecule has 4 nitrogen and oxygen atoms in total. The lowest BCUT2D eigenvalue weighted by Crippen LogP contribution is -2.41. The van der Waals surface area contributed by atoms with Crippen LogP contribution in [-0.2, 0) is 4.74 Å². The number of halogens is 1. The van der Waals surface area contributed by atoms with Gasteiger partial charge in [0.15, 0.2) is 0 Å².